The molecule has 0 saturated carbocycles. The molecule has 0 spiro atoms. The van der Waals surface area contributed by atoms with E-state index in [2.05, 4.69) is 45.4 Å². The highest BCUT2D eigenvalue weighted by atomic mass is 16.5. The number of likely N-dealkylation sites (tertiary alicyclic amines) is 1. The molecule has 23 heavy (non-hydrogen) atoms. The van der Waals surface area contributed by atoms with Crippen molar-refractivity contribution in [3.8, 4) is 0 Å². The average molecular weight is 317 g/mol. The molecule has 1 aromatic carbocycles. The van der Waals surface area contributed by atoms with Crippen LogP contribution in [0.2, 0.25) is 0 Å². The molecule has 2 fully saturated rings. The summed E-state index contributed by atoms with van der Waals surface area (Å²) in [5, 5.41) is 3.70. The number of nitrogens with one attached hydrogen (secondary N) is 1. The van der Waals surface area contributed by atoms with E-state index < -0.39 is 0 Å². The summed E-state index contributed by atoms with van der Waals surface area (Å²) >= 11 is 0. The van der Waals surface area contributed by atoms with Crippen LogP contribution in [0.3, 0.4) is 0 Å². The monoisotopic (exact) mass is 317 g/mol. The molecule has 0 aromatic heterocycles. The first-order chi connectivity index (χ1) is 11.4. The Hall–Kier alpha value is -0.940. The zero-order chi connectivity index (χ0) is 15.7. The molecule has 0 aliphatic carbocycles. The second kappa shape index (κ2) is 9.38. The summed E-state index contributed by atoms with van der Waals surface area (Å²) in [6.07, 6.45) is 4.08. The minimum Gasteiger partial charge on any atom is -0.379 e. The van der Waals surface area contributed by atoms with Crippen molar-refractivity contribution in [3.05, 3.63) is 35.9 Å². The molecule has 2 saturated heterocycles. The quantitative estimate of drug-likeness (QED) is 0.780. The normalized spacial score (nSPS) is 22.1. The first-order valence-electron chi connectivity index (χ1n) is 9.23. The minimum absolute atomic E-state index is 0.515. The van der Waals surface area contributed by atoms with Gasteiger partial charge in [0.15, 0.2) is 0 Å². The van der Waals surface area contributed by atoms with Crippen molar-refractivity contribution in [3.63, 3.8) is 0 Å². The van der Waals surface area contributed by atoms with E-state index in [-0.39, 0.29) is 0 Å². The van der Waals surface area contributed by atoms with Crippen molar-refractivity contribution in [1.82, 2.24) is 15.1 Å². The third-order valence-corrected chi connectivity index (χ3v) is 5.06. The number of piperidine rings is 1. The molecular weight excluding hydrogens is 286 g/mol. The molecule has 3 rings (SSSR count). The van der Waals surface area contributed by atoms with Crippen molar-refractivity contribution in [2.24, 2.45) is 0 Å². The molecule has 2 aliphatic rings. The molecule has 0 radical (unpaired) electrons. The van der Waals surface area contributed by atoms with Crippen LogP contribution in [0.15, 0.2) is 30.3 Å². The van der Waals surface area contributed by atoms with Crippen molar-refractivity contribution in [2.75, 3.05) is 59.0 Å². The van der Waals surface area contributed by atoms with Gasteiger partial charge in [-0.1, -0.05) is 36.8 Å². The predicted molar refractivity (Wildman–Crippen MR) is 94.7 cm³/mol. The number of ether oxygens (including phenoxy) is 1. The fourth-order valence-electron chi connectivity index (χ4n) is 3.66. The van der Waals surface area contributed by atoms with E-state index in [1.807, 2.05) is 0 Å². The summed E-state index contributed by atoms with van der Waals surface area (Å²) in [5.41, 5.74) is 1.45. The van der Waals surface area contributed by atoms with Crippen LogP contribution in [0.25, 0.3) is 0 Å². The zero-order valence-electron chi connectivity index (χ0n) is 14.3. The van der Waals surface area contributed by atoms with E-state index in [0.29, 0.717) is 6.04 Å². The van der Waals surface area contributed by atoms with Crippen LogP contribution in [0, 0.1) is 0 Å². The Morgan fingerprint density at radius 1 is 0.957 bits per heavy atom. The summed E-state index contributed by atoms with van der Waals surface area (Å²) < 4.78 is 5.41. The highest BCUT2D eigenvalue weighted by Crippen LogP contribution is 2.23. The fourth-order valence-corrected chi connectivity index (χ4v) is 3.66. The van der Waals surface area contributed by atoms with Crippen molar-refractivity contribution in [2.45, 2.75) is 25.3 Å². The van der Waals surface area contributed by atoms with Gasteiger partial charge in [0.25, 0.3) is 0 Å². The lowest BCUT2D eigenvalue weighted by atomic mass is 10.0. The smallest absolute Gasteiger partial charge is 0.0594 e. The first-order valence-corrected chi connectivity index (χ1v) is 9.23. The van der Waals surface area contributed by atoms with E-state index >= 15 is 0 Å². The third-order valence-electron chi connectivity index (χ3n) is 5.06. The van der Waals surface area contributed by atoms with Gasteiger partial charge in [0.1, 0.15) is 0 Å². The van der Waals surface area contributed by atoms with E-state index in [1.54, 1.807) is 0 Å². The Balaban J connectivity index is 1.49. The Kier molecular flexibility index (Phi) is 6.89. The molecular formula is C19H31N3O. The van der Waals surface area contributed by atoms with Crippen LogP contribution < -0.4 is 5.32 Å². The maximum Gasteiger partial charge on any atom is 0.0594 e. The molecule has 1 aromatic rings. The lowest BCUT2D eigenvalue weighted by Crippen LogP contribution is -2.43. The molecule has 4 nitrogen and oxygen atoms in total. The van der Waals surface area contributed by atoms with Gasteiger partial charge in [-0.15, -0.1) is 0 Å². The number of benzene rings is 1. The number of nitrogens with zero attached hydrogens (tertiary/aromatic N) is 2. The lowest BCUT2D eigenvalue weighted by Gasteiger charge is -2.35. The Morgan fingerprint density at radius 3 is 2.43 bits per heavy atom. The highest BCUT2D eigenvalue weighted by Gasteiger charge is 2.21. The van der Waals surface area contributed by atoms with Crippen molar-refractivity contribution in [1.29, 1.82) is 0 Å². The molecule has 4 heteroatoms. The molecule has 128 valence electrons. The predicted octanol–water partition coefficient (Wildman–Crippen LogP) is 2.14. The number of hydrogen-bond donors (Lipinski definition) is 1. The van der Waals surface area contributed by atoms with Gasteiger partial charge in [0.05, 0.1) is 13.2 Å². The molecule has 1 unspecified atom stereocenters. The topological polar surface area (TPSA) is 27.7 Å². The van der Waals surface area contributed by atoms with Gasteiger partial charge in [-0.25, -0.2) is 0 Å². The average Bonchev–Trinajstić information content (AvgIpc) is 2.64. The third kappa shape index (κ3) is 5.28. The van der Waals surface area contributed by atoms with E-state index in [9.17, 15) is 0 Å². The van der Waals surface area contributed by atoms with E-state index in [0.717, 1.165) is 45.9 Å². The maximum atomic E-state index is 5.41. The van der Waals surface area contributed by atoms with Crippen LogP contribution in [0.4, 0.5) is 0 Å². The number of rotatable bonds is 7. The summed E-state index contributed by atoms with van der Waals surface area (Å²) in [4.78, 5) is 5.16. The first kappa shape index (κ1) is 16.9. The lowest BCUT2D eigenvalue weighted by molar-refractivity contribution is 0.0381. The summed E-state index contributed by atoms with van der Waals surface area (Å²) in [6, 6.07) is 11.5. The molecule has 1 atom stereocenters. The van der Waals surface area contributed by atoms with Gasteiger partial charge in [-0.05, 0) is 31.5 Å². The van der Waals surface area contributed by atoms with E-state index in [4.69, 9.17) is 4.74 Å². The van der Waals surface area contributed by atoms with Gasteiger partial charge in [0, 0.05) is 38.8 Å². The minimum atomic E-state index is 0.515. The molecule has 0 bridgehead atoms. The SMILES string of the molecule is c1ccc(C(CNCCN2CCOCC2)N2CCCCC2)cc1. The van der Waals surface area contributed by atoms with Crippen LogP contribution in [-0.2, 0) is 4.74 Å². The van der Waals surface area contributed by atoms with Crippen molar-refractivity contribution >= 4 is 0 Å². The maximum absolute atomic E-state index is 5.41. The molecule has 2 heterocycles. The highest BCUT2D eigenvalue weighted by molar-refractivity contribution is 5.19. The Bertz CT molecular complexity index is 428. The van der Waals surface area contributed by atoms with E-state index in [1.165, 1.54) is 37.9 Å². The zero-order valence-corrected chi connectivity index (χ0v) is 14.3. The standard InChI is InChI=1S/C19H31N3O/c1-3-7-18(8-4-1)19(22-10-5-2-6-11-22)17-20-9-12-21-13-15-23-16-14-21/h1,3-4,7-8,19-20H,2,5-6,9-17H2. The Morgan fingerprint density at radius 2 is 1.70 bits per heavy atom. The molecule has 1 N–H and O–H groups in total. The Labute approximate surface area is 140 Å². The van der Waals surface area contributed by atoms with Gasteiger partial charge in [-0.2, -0.15) is 0 Å². The summed E-state index contributed by atoms with van der Waals surface area (Å²) in [5.74, 6) is 0. The van der Waals surface area contributed by atoms with Gasteiger partial charge in [0.2, 0.25) is 0 Å². The molecule has 0 amide bonds. The van der Waals surface area contributed by atoms with Crippen LogP contribution in [0.5, 0.6) is 0 Å². The number of morpholine rings is 1. The molecule has 2 aliphatic heterocycles. The van der Waals surface area contributed by atoms with Gasteiger partial charge >= 0.3 is 0 Å². The van der Waals surface area contributed by atoms with Gasteiger partial charge in [-0.3, -0.25) is 9.80 Å². The second-order valence-electron chi connectivity index (χ2n) is 6.68. The summed E-state index contributed by atoms with van der Waals surface area (Å²) in [6.45, 7) is 9.67. The summed E-state index contributed by atoms with van der Waals surface area (Å²) in [7, 11) is 0. The van der Waals surface area contributed by atoms with Crippen LogP contribution in [0.1, 0.15) is 30.9 Å². The second-order valence-corrected chi connectivity index (χ2v) is 6.68. The van der Waals surface area contributed by atoms with Gasteiger partial charge < -0.3 is 10.1 Å². The largest absolute Gasteiger partial charge is 0.379 e. The van der Waals surface area contributed by atoms with Crippen LogP contribution in [-0.4, -0.2) is 68.8 Å². The number of hydrogen-bond acceptors (Lipinski definition) is 4. The van der Waals surface area contributed by atoms with Crippen molar-refractivity contribution < 1.29 is 4.74 Å². The fraction of sp³-hybridized carbons (Fsp3) is 0.684. The van der Waals surface area contributed by atoms with Crippen LogP contribution >= 0.6 is 0 Å².